The third kappa shape index (κ3) is 2.14. The zero-order valence-electron chi connectivity index (χ0n) is 9.92. The average Bonchev–Trinajstić information content (AvgIpc) is 2.72. The topological polar surface area (TPSA) is 60.2 Å². The van der Waals surface area contributed by atoms with E-state index in [1.807, 2.05) is 38.1 Å². The van der Waals surface area contributed by atoms with Crippen molar-refractivity contribution in [3.05, 3.63) is 35.7 Å². The quantitative estimate of drug-likeness (QED) is 0.868. The first-order valence-electron chi connectivity index (χ1n) is 5.52. The summed E-state index contributed by atoms with van der Waals surface area (Å²) in [4.78, 5) is 0. The molecular weight excluding hydrogens is 218 g/mol. The molecule has 1 aromatic carbocycles. The van der Waals surface area contributed by atoms with Gasteiger partial charge in [0.05, 0.1) is 18.9 Å². The van der Waals surface area contributed by atoms with E-state index < -0.39 is 0 Å². The Morgan fingerprint density at radius 2 is 2.12 bits per heavy atom. The summed E-state index contributed by atoms with van der Waals surface area (Å²) in [5.41, 5.74) is 2.23. The predicted molar refractivity (Wildman–Crippen MR) is 63.2 cm³/mol. The molecule has 0 aliphatic carbocycles. The Balaban J connectivity index is 2.48. The molecule has 2 aromatic rings. The van der Waals surface area contributed by atoms with Crippen LogP contribution in [-0.4, -0.2) is 26.7 Å². The van der Waals surface area contributed by atoms with Crippen molar-refractivity contribution in [2.75, 3.05) is 6.61 Å². The summed E-state index contributed by atoms with van der Waals surface area (Å²) in [6, 6.07) is 7.62. The highest BCUT2D eigenvalue weighted by molar-refractivity contribution is 5.46. The number of para-hydroxylation sites is 2. The zero-order valence-corrected chi connectivity index (χ0v) is 9.92. The minimum atomic E-state index is -0.108. The second kappa shape index (κ2) is 4.97. The molecule has 0 aliphatic heterocycles. The normalized spacial score (nSPS) is 10.5. The lowest BCUT2D eigenvalue weighted by atomic mass is 10.2. The van der Waals surface area contributed by atoms with Crippen molar-refractivity contribution in [3.63, 3.8) is 0 Å². The maximum Gasteiger partial charge on any atom is 0.145 e. The molecule has 0 radical (unpaired) electrons. The van der Waals surface area contributed by atoms with Gasteiger partial charge < -0.3 is 9.84 Å². The number of hydrogen-bond donors (Lipinski definition) is 1. The number of aliphatic hydroxyl groups is 1. The maximum atomic E-state index is 9.10. The van der Waals surface area contributed by atoms with Crippen LogP contribution in [-0.2, 0) is 6.61 Å². The largest absolute Gasteiger partial charge is 0.492 e. The van der Waals surface area contributed by atoms with Crippen LogP contribution in [0.3, 0.4) is 0 Å². The molecule has 0 fully saturated rings. The maximum absolute atomic E-state index is 9.10. The van der Waals surface area contributed by atoms with Gasteiger partial charge in [-0.25, -0.2) is 4.68 Å². The van der Waals surface area contributed by atoms with Gasteiger partial charge in [0.2, 0.25) is 0 Å². The van der Waals surface area contributed by atoms with Crippen molar-refractivity contribution in [2.24, 2.45) is 0 Å². The van der Waals surface area contributed by atoms with Crippen LogP contribution >= 0.6 is 0 Å². The Labute approximate surface area is 99.7 Å². The van der Waals surface area contributed by atoms with E-state index in [0.717, 1.165) is 17.1 Å². The minimum absolute atomic E-state index is 0.108. The van der Waals surface area contributed by atoms with Gasteiger partial charge in [0.1, 0.15) is 17.1 Å². The molecule has 0 bridgehead atoms. The Bertz CT molecular complexity index is 508. The fourth-order valence-corrected chi connectivity index (χ4v) is 1.64. The third-order valence-corrected chi connectivity index (χ3v) is 2.53. The molecule has 0 amide bonds. The highest BCUT2D eigenvalue weighted by Gasteiger charge is 2.12. The Hall–Kier alpha value is -1.88. The molecule has 0 saturated carbocycles. The molecule has 0 atom stereocenters. The lowest BCUT2D eigenvalue weighted by molar-refractivity contribution is 0.276. The van der Waals surface area contributed by atoms with Gasteiger partial charge in [-0.05, 0) is 26.0 Å². The van der Waals surface area contributed by atoms with Crippen molar-refractivity contribution in [1.82, 2.24) is 15.0 Å². The summed E-state index contributed by atoms with van der Waals surface area (Å²) in [5, 5.41) is 17.0. The number of rotatable bonds is 4. The van der Waals surface area contributed by atoms with Crippen LogP contribution in [0, 0.1) is 6.92 Å². The SMILES string of the molecule is CCOc1ccccc1-n1nnc(CO)c1C. The predicted octanol–water partition coefficient (Wildman–Crippen LogP) is 1.47. The van der Waals surface area contributed by atoms with E-state index >= 15 is 0 Å². The zero-order chi connectivity index (χ0) is 12.3. The average molecular weight is 233 g/mol. The van der Waals surface area contributed by atoms with Gasteiger partial charge in [-0.1, -0.05) is 17.3 Å². The molecule has 1 aromatic heterocycles. The molecule has 0 aliphatic rings. The van der Waals surface area contributed by atoms with E-state index in [1.54, 1.807) is 4.68 Å². The second-order valence-electron chi connectivity index (χ2n) is 3.59. The van der Waals surface area contributed by atoms with Gasteiger partial charge in [-0.3, -0.25) is 0 Å². The van der Waals surface area contributed by atoms with Crippen LogP contribution in [0.2, 0.25) is 0 Å². The number of benzene rings is 1. The van der Waals surface area contributed by atoms with Crippen LogP contribution in [0.1, 0.15) is 18.3 Å². The number of ether oxygens (including phenoxy) is 1. The van der Waals surface area contributed by atoms with Crippen molar-refractivity contribution < 1.29 is 9.84 Å². The van der Waals surface area contributed by atoms with Gasteiger partial charge >= 0.3 is 0 Å². The lowest BCUT2D eigenvalue weighted by Gasteiger charge is -2.10. The summed E-state index contributed by atoms with van der Waals surface area (Å²) < 4.78 is 7.22. The fourth-order valence-electron chi connectivity index (χ4n) is 1.64. The van der Waals surface area contributed by atoms with Crippen LogP contribution in [0.25, 0.3) is 5.69 Å². The van der Waals surface area contributed by atoms with Gasteiger partial charge in [0.25, 0.3) is 0 Å². The summed E-state index contributed by atoms with van der Waals surface area (Å²) in [6.45, 7) is 4.29. The molecule has 17 heavy (non-hydrogen) atoms. The summed E-state index contributed by atoms with van der Waals surface area (Å²) in [6.07, 6.45) is 0. The van der Waals surface area contributed by atoms with E-state index in [2.05, 4.69) is 10.3 Å². The molecule has 0 spiro atoms. The molecule has 1 heterocycles. The Kier molecular flexibility index (Phi) is 3.39. The van der Waals surface area contributed by atoms with Crippen molar-refractivity contribution in [2.45, 2.75) is 20.5 Å². The number of hydrogen-bond acceptors (Lipinski definition) is 4. The summed E-state index contributed by atoms with van der Waals surface area (Å²) in [7, 11) is 0. The minimum Gasteiger partial charge on any atom is -0.492 e. The first-order chi connectivity index (χ1) is 8.27. The van der Waals surface area contributed by atoms with Gasteiger partial charge in [-0.2, -0.15) is 0 Å². The molecule has 0 saturated heterocycles. The van der Waals surface area contributed by atoms with Crippen LogP contribution in [0.5, 0.6) is 5.75 Å². The van der Waals surface area contributed by atoms with E-state index in [-0.39, 0.29) is 6.61 Å². The first kappa shape index (κ1) is 11.6. The number of aliphatic hydroxyl groups excluding tert-OH is 1. The van der Waals surface area contributed by atoms with Crippen molar-refractivity contribution >= 4 is 0 Å². The Morgan fingerprint density at radius 1 is 1.35 bits per heavy atom. The summed E-state index contributed by atoms with van der Waals surface area (Å²) >= 11 is 0. The van der Waals surface area contributed by atoms with E-state index in [1.165, 1.54) is 0 Å². The molecule has 0 unspecified atom stereocenters. The van der Waals surface area contributed by atoms with Gasteiger partial charge in [0.15, 0.2) is 0 Å². The molecule has 1 N–H and O–H groups in total. The highest BCUT2D eigenvalue weighted by Crippen LogP contribution is 2.23. The molecule has 5 heteroatoms. The Morgan fingerprint density at radius 3 is 2.76 bits per heavy atom. The van der Waals surface area contributed by atoms with Gasteiger partial charge in [0, 0.05) is 0 Å². The third-order valence-electron chi connectivity index (χ3n) is 2.53. The van der Waals surface area contributed by atoms with Crippen molar-refractivity contribution in [3.8, 4) is 11.4 Å². The van der Waals surface area contributed by atoms with Crippen molar-refractivity contribution in [1.29, 1.82) is 0 Å². The fraction of sp³-hybridized carbons (Fsp3) is 0.333. The van der Waals surface area contributed by atoms with Gasteiger partial charge in [-0.15, -0.1) is 5.10 Å². The molecule has 5 nitrogen and oxygen atoms in total. The second-order valence-corrected chi connectivity index (χ2v) is 3.59. The highest BCUT2D eigenvalue weighted by atomic mass is 16.5. The summed E-state index contributed by atoms with van der Waals surface area (Å²) in [5.74, 6) is 0.757. The lowest BCUT2D eigenvalue weighted by Crippen LogP contribution is -2.03. The van der Waals surface area contributed by atoms with Crippen LogP contribution in [0.4, 0.5) is 0 Å². The van der Waals surface area contributed by atoms with E-state index in [4.69, 9.17) is 9.84 Å². The van der Waals surface area contributed by atoms with E-state index in [9.17, 15) is 0 Å². The smallest absolute Gasteiger partial charge is 0.145 e. The molecule has 2 rings (SSSR count). The van der Waals surface area contributed by atoms with E-state index in [0.29, 0.717) is 12.3 Å². The number of aromatic nitrogens is 3. The molecule has 90 valence electrons. The monoisotopic (exact) mass is 233 g/mol. The molecular formula is C12H15N3O2. The van der Waals surface area contributed by atoms with Crippen LogP contribution < -0.4 is 4.74 Å². The standard InChI is InChI=1S/C12H15N3O2/c1-3-17-12-7-5-4-6-11(12)15-9(2)10(8-16)13-14-15/h4-7,16H,3,8H2,1-2H3. The van der Waals surface area contributed by atoms with Crippen LogP contribution in [0.15, 0.2) is 24.3 Å². The number of nitrogens with zero attached hydrogens (tertiary/aromatic N) is 3. The first-order valence-corrected chi connectivity index (χ1v) is 5.52.